The van der Waals surface area contributed by atoms with Crippen LogP contribution in [0.3, 0.4) is 0 Å². The van der Waals surface area contributed by atoms with Gasteiger partial charge in [-0.15, -0.1) is 0 Å². The minimum Gasteiger partial charge on any atom is -0.355 e. The highest BCUT2D eigenvalue weighted by atomic mass is 19.1. The summed E-state index contributed by atoms with van der Waals surface area (Å²) in [5, 5.41) is 7.95. The lowest BCUT2D eigenvalue weighted by Gasteiger charge is -2.08. The van der Waals surface area contributed by atoms with Crippen molar-refractivity contribution in [2.45, 2.75) is 13.1 Å². The number of carbonyl (C=O) groups excluding carboxylic acids is 2. The Labute approximate surface area is 133 Å². The fourth-order valence-corrected chi connectivity index (χ4v) is 1.95. The predicted molar refractivity (Wildman–Crippen MR) is 85.3 cm³/mol. The molecule has 5 nitrogen and oxygen atoms in total. The summed E-state index contributed by atoms with van der Waals surface area (Å²) in [6.07, 6.45) is 0. The second-order valence-electron chi connectivity index (χ2n) is 4.94. The summed E-state index contributed by atoms with van der Waals surface area (Å²) in [7, 11) is 1.57. The fourth-order valence-electron chi connectivity index (χ4n) is 1.95. The van der Waals surface area contributed by atoms with Crippen LogP contribution in [0.1, 0.15) is 21.5 Å². The van der Waals surface area contributed by atoms with Crippen molar-refractivity contribution in [3.8, 4) is 0 Å². The van der Waals surface area contributed by atoms with E-state index in [1.54, 1.807) is 43.4 Å². The van der Waals surface area contributed by atoms with Gasteiger partial charge in [0.05, 0.1) is 0 Å². The average Bonchev–Trinajstić information content (AvgIpc) is 2.59. The molecular formula is C17H18FN3O2. The molecule has 0 aromatic heterocycles. The van der Waals surface area contributed by atoms with Gasteiger partial charge in [0.25, 0.3) is 5.91 Å². The van der Waals surface area contributed by atoms with Gasteiger partial charge in [0.2, 0.25) is 0 Å². The minimum absolute atomic E-state index is 0.151. The van der Waals surface area contributed by atoms with E-state index in [4.69, 9.17) is 0 Å². The second-order valence-corrected chi connectivity index (χ2v) is 4.94. The number of hydrogen-bond acceptors (Lipinski definition) is 2. The lowest BCUT2D eigenvalue weighted by atomic mass is 10.1. The molecule has 6 heteroatoms. The Morgan fingerprint density at radius 2 is 1.35 bits per heavy atom. The van der Waals surface area contributed by atoms with Crippen molar-refractivity contribution in [3.05, 3.63) is 71.0 Å². The van der Waals surface area contributed by atoms with E-state index in [0.717, 1.165) is 11.1 Å². The molecule has 0 bridgehead atoms. The molecule has 0 unspecified atom stereocenters. The van der Waals surface area contributed by atoms with E-state index in [1.165, 1.54) is 12.1 Å². The normalized spacial score (nSPS) is 10.0. The van der Waals surface area contributed by atoms with Gasteiger partial charge < -0.3 is 16.0 Å². The quantitative estimate of drug-likeness (QED) is 0.791. The van der Waals surface area contributed by atoms with Crippen molar-refractivity contribution in [1.82, 2.24) is 16.0 Å². The monoisotopic (exact) mass is 315 g/mol. The molecule has 0 fully saturated rings. The average molecular weight is 315 g/mol. The van der Waals surface area contributed by atoms with E-state index in [9.17, 15) is 14.0 Å². The molecule has 0 aliphatic carbocycles. The lowest BCUT2D eigenvalue weighted by Crippen LogP contribution is -2.34. The van der Waals surface area contributed by atoms with Crippen LogP contribution in [0.15, 0.2) is 48.5 Å². The van der Waals surface area contributed by atoms with Gasteiger partial charge in [0.15, 0.2) is 0 Å². The smallest absolute Gasteiger partial charge is 0.315 e. The molecule has 3 N–H and O–H groups in total. The van der Waals surface area contributed by atoms with Gasteiger partial charge >= 0.3 is 6.03 Å². The predicted octanol–water partition coefficient (Wildman–Crippen LogP) is 2.18. The van der Waals surface area contributed by atoms with Crippen molar-refractivity contribution >= 4 is 11.9 Å². The molecule has 0 saturated carbocycles. The Kier molecular flexibility index (Phi) is 5.68. The van der Waals surface area contributed by atoms with Crippen molar-refractivity contribution in [2.24, 2.45) is 0 Å². The second kappa shape index (κ2) is 7.93. The Bertz CT molecular complexity index is 669. The van der Waals surface area contributed by atoms with Gasteiger partial charge in [-0.1, -0.05) is 24.3 Å². The molecule has 2 aromatic carbocycles. The number of benzene rings is 2. The van der Waals surface area contributed by atoms with E-state index in [0.29, 0.717) is 18.7 Å². The van der Waals surface area contributed by atoms with E-state index < -0.39 is 0 Å². The fraction of sp³-hybridized carbons (Fsp3) is 0.176. The molecule has 2 rings (SSSR count). The standard InChI is InChI=1S/C17H18FN3O2/c1-19-16(22)14-6-2-12(3-7-14)10-20-17(23)21-11-13-4-8-15(18)9-5-13/h2-9H,10-11H2,1H3,(H,19,22)(H2,20,21,23). The van der Waals surface area contributed by atoms with Crippen LogP contribution in [0.5, 0.6) is 0 Å². The van der Waals surface area contributed by atoms with Crippen molar-refractivity contribution < 1.29 is 14.0 Å². The molecule has 2 aromatic rings. The number of amides is 3. The zero-order valence-corrected chi connectivity index (χ0v) is 12.7. The Balaban J connectivity index is 1.77. The Morgan fingerprint density at radius 1 is 0.870 bits per heavy atom. The first-order valence-electron chi connectivity index (χ1n) is 7.15. The first-order chi connectivity index (χ1) is 11.1. The first-order valence-corrected chi connectivity index (χ1v) is 7.15. The van der Waals surface area contributed by atoms with Crippen LogP contribution in [0.25, 0.3) is 0 Å². The topological polar surface area (TPSA) is 70.2 Å². The summed E-state index contributed by atoms with van der Waals surface area (Å²) in [6, 6.07) is 12.6. The molecule has 0 radical (unpaired) electrons. The molecular weight excluding hydrogens is 297 g/mol. The first kappa shape index (κ1) is 16.5. The van der Waals surface area contributed by atoms with Gasteiger partial charge in [-0.05, 0) is 35.4 Å². The van der Waals surface area contributed by atoms with Crippen LogP contribution in [-0.2, 0) is 13.1 Å². The van der Waals surface area contributed by atoms with Gasteiger partial charge in [0.1, 0.15) is 5.82 Å². The van der Waals surface area contributed by atoms with E-state index in [2.05, 4.69) is 16.0 Å². The maximum Gasteiger partial charge on any atom is 0.315 e. The molecule has 120 valence electrons. The third-order valence-corrected chi connectivity index (χ3v) is 3.26. The molecule has 3 amide bonds. The van der Waals surface area contributed by atoms with Crippen LogP contribution < -0.4 is 16.0 Å². The zero-order chi connectivity index (χ0) is 16.7. The van der Waals surface area contributed by atoms with Crippen molar-refractivity contribution in [3.63, 3.8) is 0 Å². The Hall–Kier alpha value is -2.89. The summed E-state index contributed by atoms with van der Waals surface area (Å²) in [5.74, 6) is -0.458. The summed E-state index contributed by atoms with van der Waals surface area (Å²) >= 11 is 0. The maximum atomic E-state index is 12.8. The highest BCUT2D eigenvalue weighted by Crippen LogP contribution is 2.04. The third-order valence-electron chi connectivity index (χ3n) is 3.26. The molecule has 0 aliphatic rings. The van der Waals surface area contributed by atoms with Crippen LogP contribution in [0, 0.1) is 5.82 Å². The minimum atomic E-state index is -0.315. The van der Waals surface area contributed by atoms with Crippen LogP contribution in [-0.4, -0.2) is 19.0 Å². The number of carbonyl (C=O) groups is 2. The summed E-state index contributed by atoms with van der Waals surface area (Å²) in [6.45, 7) is 0.672. The molecule has 0 spiro atoms. The molecule has 0 aliphatic heterocycles. The van der Waals surface area contributed by atoms with E-state index in [-0.39, 0.29) is 17.8 Å². The van der Waals surface area contributed by atoms with Crippen LogP contribution >= 0.6 is 0 Å². The molecule has 0 saturated heterocycles. The summed E-state index contributed by atoms with van der Waals surface area (Å²) < 4.78 is 12.8. The van der Waals surface area contributed by atoms with Crippen LogP contribution in [0.2, 0.25) is 0 Å². The largest absolute Gasteiger partial charge is 0.355 e. The highest BCUT2D eigenvalue weighted by Gasteiger charge is 2.04. The van der Waals surface area contributed by atoms with Crippen molar-refractivity contribution in [1.29, 1.82) is 0 Å². The van der Waals surface area contributed by atoms with Crippen LogP contribution in [0.4, 0.5) is 9.18 Å². The SMILES string of the molecule is CNC(=O)c1ccc(CNC(=O)NCc2ccc(F)cc2)cc1. The van der Waals surface area contributed by atoms with Crippen molar-refractivity contribution in [2.75, 3.05) is 7.05 Å². The lowest BCUT2D eigenvalue weighted by molar-refractivity contribution is 0.0963. The Morgan fingerprint density at radius 3 is 1.83 bits per heavy atom. The zero-order valence-electron chi connectivity index (χ0n) is 12.7. The van der Waals surface area contributed by atoms with Gasteiger partial charge in [0, 0.05) is 25.7 Å². The molecule has 0 atom stereocenters. The number of hydrogen-bond donors (Lipinski definition) is 3. The number of rotatable bonds is 5. The van der Waals surface area contributed by atoms with Gasteiger partial charge in [-0.3, -0.25) is 4.79 Å². The number of urea groups is 1. The summed E-state index contributed by atoms with van der Waals surface area (Å²) in [5.41, 5.74) is 2.27. The maximum absolute atomic E-state index is 12.8. The van der Waals surface area contributed by atoms with E-state index >= 15 is 0 Å². The number of halogens is 1. The van der Waals surface area contributed by atoms with Gasteiger partial charge in [-0.25, -0.2) is 9.18 Å². The number of nitrogens with one attached hydrogen (secondary N) is 3. The third kappa shape index (κ3) is 5.10. The van der Waals surface area contributed by atoms with E-state index in [1.807, 2.05) is 0 Å². The highest BCUT2D eigenvalue weighted by molar-refractivity contribution is 5.93. The summed E-state index contributed by atoms with van der Waals surface area (Å²) in [4.78, 5) is 23.1. The van der Waals surface area contributed by atoms with Gasteiger partial charge in [-0.2, -0.15) is 0 Å². The molecule has 23 heavy (non-hydrogen) atoms. The molecule has 0 heterocycles.